The molecule has 5 rings (SSSR count). The molecule has 9 heteroatoms. The third-order valence-electron chi connectivity index (χ3n) is 5.80. The fourth-order valence-electron chi connectivity index (χ4n) is 4.29. The number of rotatable bonds is 3. The van der Waals surface area contributed by atoms with E-state index in [-0.39, 0.29) is 11.9 Å². The summed E-state index contributed by atoms with van der Waals surface area (Å²) in [4.78, 5) is 19.4. The van der Waals surface area contributed by atoms with Crippen molar-refractivity contribution in [2.75, 3.05) is 6.54 Å². The predicted octanol–water partition coefficient (Wildman–Crippen LogP) is 3.99. The first kappa shape index (κ1) is 19.3. The van der Waals surface area contributed by atoms with Crippen LogP contribution in [0.1, 0.15) is 41.1 Å². The number of carbonyl (C=O) groups excluding carboxylic acids is 1. The second-order valence-electron chi connectivity index (χ2n) is 7.63. The molecule has 158 valence electrons. The number of fused-ring (bicyclic) bond motifs is 2. The Morgan fingerprint density at radius 3 is 2.81 bits per heavy atom. The van der Waals surface area contributed by atoms with Gasteiger partial charge in [0.05, 0.1) is 22.9 Å². The number of hydrogen-bond donors (Lipinski definition) is 0. The van der Waals surface area contributed by atoms with Crippen molar-refractivity contribution >= 4 is 16.8 Å². The zero-order valence-electron chi connectivity index (χ0n) is 17.0. The van der Waals surface area contributed by atoms with Crippen molar-refractivity contribution in [3.05, 3.63) is 65.6 Å². The van der Waals surface area contributed by atoms with Gasteiger partial charge >= 0.3 is 6.55 Å². The van der Waals surface area contributed by atoms with E-state index in [1.165, 1.54) is 6.20 Å². The third kappa shape index (κ3) is 3.17. The van der Waals surface area contributed by atoms with Gasteiger partial charge in [0, 0.05) is 42.5 Å². The van der Waals surface area contributed by atoms with Crippen LogP contribution in [0.3, 0.4) is 0 Å². The van der Waals surface area contributed by atoms with Crippen LogP contribution in [0, 0.1) is 0 Å². The van der Waals surface area contributed by atoms with E-state index < -0.39 is 6.55 Å². The molecule has 4 heterocycles. The summed E-state index contributed by atoms with van der Waals surface area (Å²) in [5, 5.41) is 9.52. The summed E-state index contributed by atoms with van der Waals surface area (Å²) in [5.74, 6) is -0.0712. The van der Waals surface area contributed by atoms with Crippen LogP contribution in [0.15, 0.2) is 48.8 Å². The first-order chi connectivity index (χ1) is 14.9. The molecule has 1 aliphatic rings. The van der Waals surface area contributed by atoms with Crippen molar-refractivity contribution in [1.82, 2.24) is 29.4 Å². The fourth-order valence-corrected chi connectivity index (χ4v) is 4.29. The van der Waals surface area contributed by atoms with E-state index in [1.807, 2.05) is 31.2 Å². The molecular weight excluding hydrogens is 402 g/mol. The number of benzene rings is 1. The number of alkyl halides is 2. The summed E-state index contributed by atoms with van der Waals surface area (Å²) in [7, 11) is 1.77. The maximum atomic E-state index is 13.3. The van der Waals surface area contributed by atoms with Crippen molar-refractivity contribution in [3.8, 4) is 11.4 Å². The minimum Gasteiger partial charge on any atom is -0.330 e. The van der Waals surface area contributed by atoms with Gasteiger partial charge in [-0.2, -0.15) is 19.0 Å². The lowest BCUT2D eigenvalue weighted by molar-refractivity contribution is 0.0568. The lowest BCUT2D eigenvalue weighted by Gasteiger charge is -2.33. The van der Waals surface area contributed by atoms with E-state index in [9.17, 15) is 13.6 Å². The van der Waals surface area contributed by atoms with Crippen LogP contribution in [-0.4, -0.2) is 41.9 Å². The summed E-state index contributed by atoms with van der Waals surface area (Å²) in [6.45, 7) is -0.249. The quantitative estimate of drug-likeness (QED) is 0.501. The average molecular weight is 422 g/mol. The molecule has 0 saturated carbocycles. The molecule has 1 aromatic carbocycles. The summed E-state index contributed by atoms with van der Waals surface area (Å²) < 4.78 is 28.2. The van der Waals surface area contributed by atoms with Gasteiger partial charge in [-0.3, -0.25) is 14.5 Å². The van der Waals surface area contributed by atoms with Gasteiger partial charge in [0.1, 0.15) is 5.69 Å². The molecule has 3 aromatic heterocycles. The first-order valence-electron chi connectivity index (χ1n) is 9.99. The van der Waals surface area contributed by atoms with Gasteiger partial charge in [-0.1, -0.05) is 6.07 Å². The Labute approximate surface area is 176 Å². The highest BCUT2D eigenvalue weighted by Gasteiger charge is 2.34. The molecule has 4 aromatic rings. The van der Waals surface area contributed by atoms with Gasteiger partial charge in [0.2, 0.25) is 0 Å². The molecule has 1 unspecified atom stereocenters. The van der Waals surface area contributed by atoms with Gasteiger partial charge in [0.15, 0.2) is 0 Å². The van der Waals surface area contributed by atoms with Crippen LogP contribution in [0.5, 0.6) is 0 Å². The van der Waals surface area contributed by atoms with Crippen molar-refractivity contribution in [2.45, 2.75) is 25.9 Å². The van der Waals surface area contributed by atoms with Crippen molar-refractivity contribution in [3.63, 3.8) is 0 Å². The molecule has 0 radical (unpaired) electrons. The van der Waals surface area contributed by atoms with E-state index in [0.717, 1.165) is 22.2 Å². The largest absolute Gasteiger partial charge is 0.333 e. The smallest absolute Gasteiger partial charge is 0.330 e. The van der Waals surface area contributed by atoms with Crippen LogP contribution >= 0.6 is 0 Å². The molecular formula is C22H20F2N6O. The van der Waals surface area contributed by atoms with E-state index >= 15 is 0 Å². The summed E-state index contributed by atoms with van der Waals surface area (Å²) >= 11 is 0. The standard InChI is InChI=1S/C22H20F2N6O/c1-13-19-16(20(28(2)27-19)18-8-11-30(26-18)22(23)24)7-10-29(13)21(31)15-5-6-17-14(12-15)4-3-9-25-17/h3-6,8-9,11-13,22H,7,10H2,1-2H3. The summed E-state index contributed by atoms with van der Waals surface area (Å²) in [6, 6.07) is 10.6. The molecule has 7 nitrogen and oxygen atoms in total. The highest BCUT2D eigenvalue weighted by Crippen LogP contribution is 2.35. The fraction of sp³-hybridized carbons (Fsp3) is 0.273. The number of nitrogens with zero attached hydrogens (tertiary/aromatic N) is 6. The number of pyridine rings is 1. The second-order valence-corrected chi connectivity index (χ2v) is 7.63. The van der Waals surface area contributed by atoms with Crippen LogP contribution < -0.4 is 0 Å². The summed E-state index contributed by atoms with van der Waals surface area (Å²) in [5.41, 5.74) is 4.32. The minimum atomic E-state index is -2.69. The van der Waals surface area contributed by atoms with E-state index in [0.29, 0.717) is 34.6 Å². The Morgan fingerprint density at radius 2 is 2.03 bits per heavy atom. The van der Waals surface area contributed by atoms with Gasteiger partial charge in [-0.15, -0.1) is 0 Å². The highest BCUT2D eigenvalue weighted by molar-refractivity contribution is 5.98. The third-order valence-corrected chi connectivity index (χ3v) is 5.80. The van der Waals surface area contributed by atoms with Gasteiger partial charge in [-0.05, 0) is 43.7 Å². The minimum absolute atomic E-state index is 0.0712. The molecule has 0 spiro atoms. The number of aromatic nitrogens is 5. The highest BCUT2D eigenvalue weighted by atomic mass is 19.3. The molecule has 1 aliphatic heterocycles. The molecule has 1 amide bonds. The molecule has 1 atom stereocenters. The number of carbonyl (C=O) groups is 1. The monoisotopic (exact) mass is 422 g/mol. The lowest BCUT2D eigenvalue weighted by atomic mass is 9.96. The molecule has 0 N–H and O–H groups in total. The van der Waals surface area contributed by atoms with Crippen LogP contribution in [0.25, 0.3) is 22.3 Å². The maximum absolute atomic E-state index is 13.3. The molecule has 0 fully saturated rings. The first-order valence-corrected chi connectivity index (χ1v) is 9.99. The molecule has 0 bridgehead atoms. The maximum Gasteiger partial charge on any atom is 0.333 e. The Morgan fingerprint density at radius 1 is 1.19 bits per heavy atom. The number of hydrogen-bond acceptors (Lipinski definition) is 4. The summed E-state index contributed by atoms with van der Waals surface area (Å²) in [6.07, 6.45) is 3.56. The van der Waals surface area contributed by atoms with Gasteiger partial charge in [-0.25, -0.2) is 4.68 Å². The Balaban J connectivity index is 1.47. The Bertz CT molecular complexity index is 1290. The predicted molar refractivity (Wildman–Crippen MR) is 111 cm³/mol. The lowest BCUT2D eigenvalue weighted by Crippen LogP contribution is -2.38. The Hall–Kier alpha value is -3.62. The van der Waals surface area contributed by atoms with E-state index in [4.69, 9.17) is 0 Å². The average Bonchev–Trinajstić information content (AvgIpc) is 3.38. The van der Waals surface area contributed by atoms with Crippen LogP contribution in [0.4, 0.5) is 8.78 Å². The zero-order chi connectivity index (χ0) is 21.7. The second kappa shape index (κ2) is 7.26. The zero-order valence-corrected chi connectivity index (χ0v) is 17.0. The Kier molecular flexibility index (Phi) is 4.53. The molecule has 0 aliphatic carbocycles. The number of amides is 1. The molecule has 0 saturated heterocycles. The van der Waals surface area contributed by atoms with Crippen LogP contribution in [-0.2, 0) is 13.5 Å². The number of halogens is 2. The van der Waals surface area contributed by atoms with Crippen molar-refractivity contribution < 1.29 is 13.6 Å². The van der Waals surface area contributed by atoms with Crippen LogP contribution in [0.2, 0.25) is 0 Å². The van der Waals surface area contributed by atoms with Crippen molar-refractivity contribution in [2.24, 2.45) is 7.05 Å². The van der Waals surface area contributed by atoms with E-state index in [1.54, 1.807) is 35.0 Å². The topological polar surface area (TPSA) is 68.8 Å². The molecule has 31 heavy (non-hydrogen) atoms. The normalized spacial score (nSPS) is 16.2. The SMILES string of the molecule is CC1c2nn(C)c(-c3ccn(C(F)F)n3)c2CCN1C(=O)c1ccc2ncccc2c1. The van der Waals surface area contributed by atoms with E-state index in [2.05, 4.69) is 15.2 Å². The van der Waals surface area contributed by atoms with Crippen molar-refractivity contribution in [1.29, 1.82) is 0 Å². The van der Waals surface area contributed by atoms with Gasteiger partial charge in [0.25, 0.3) is 5.91 Å². The number of aryl methyl sites for hydroxylation is 1. The van der Waals surface area contributed by atoms with Gasteiger partial charge < -0.3 is 4.90 Å².